The van der Waals surface area contributed by atoms with E-state index < -0.39 is 17.2 Å². The van der Waals surface area contributed by atoms with Crippen LogP contribution in [-0.2, 0) is 29.5 Å². The van der Waals surface area contributed by atoms with E-state index in [9.17, 15) is 9.59 Å². The summed E-state index contributed by atoms with van der Waals surface area (Å²) in [5, 5.41) is 3.40. The van der Waals surface area contributed by atoms with Crippen molar-refractivity contribution in [3.05, 3.63) is 60.1 Å². The number of halogens is 1. The summed E-state index contributed by atoms with van der Waals surface area (Å²) in [4.78, 5) is 34.5. The number of benzene rings is 1. The number of nitrogens with one attached hydrogen (secondary N) is 2. The fourth-order valence-electron chi connectivity index (χ4n) is 4.37. The number of aromatic amines is 1. The highest BCUT2D eigenvalue weighted by Crippen LogP contribution is 2.26. The molecule has 0 amide bonds. The molecule has 0 spiro atoms. The van der Waals surface area contributed by atoms with Crippen molar-refractivity contribution in [2.75, 3.05) is 40.4 Å². The first-order valence-electron chi connectivity index (χ1n) is 10.9. The van der Waals surface area contributed by atoms with Gasteiger partial charge in [-0.15, -0.1) is 0 Å². The summed E-state index contributed by atoms with van der Waals surface area (Å²) in [6.45, 7) is 3.73. The highest BCUT2D eigenvalue weighted by molar-refractivity contribution is 14.1. The first-order valence-corrected chi connectivity index (χ1v) is 12.0. The molecule has 0 atom stereocenters. The maximum Gasteiger partial charge on any atom is 0.329 e. The number of nitrogens with zero attached hydrogens (tertiary/aromatic N) is 4. The summed E-state index contributed by atoms with van der Waals surface area (Å²) in [6.07, 6.45) is 1.24. The Morgan fingerprint density at radius 1 is 1.15 bits per heavy atom. The lowest BCUT2D eigenvalue weighted by Crippen LogP contribution is -2.55. The first-order chi connectivity index (χ1) is 15.9. The minimum Gasteiger partial charge on any atom is -0.340 e. The number of rotatable bonds is 7. The molecule has 10 nitrogen and oxygen atoms in total. The number of aryl methyl sites for hydroxylation is 1. The Morgan fingerprint density at radius 2 is 1.91 bits per heavy atom. The average Bonchev–Trinajstić information content (AvgIpc) is 2.97. The minimum absolute atomic E-state index is 0.283. The Labute approximate surface area is 205 Å². The number of imidazole rings is 1. The number of ether oxygens (including phenoxy) is 2. The summed E-state index contributed by atoms with van der Waals surface area (Å²) >= 11 is 2.28. The number of methoxy groups -OCH3 is 2. The molecule has 1 fully saturated rings. The Morgan fingerprint density at radius 3 is 2.64 bits per heavy atom. The normalized spacial score (nSPS) is 15.8. The van der Waals surface area contributed by atoms with Crippen LogP contribution < -0.4 is 16.6 Å². The van der Waals surface area contributed by atoms with Crippen molar-refractivity contribution in [3.63, 3.8) is 0 Å². The van der Waals surface area contributed by atoms with Gasteiger partial charge in [-0.05, 0) is 47.2 Å². The third kappa shape index (κ3) is 4.64. The molecular formula is C22H29IN6O4. The monoisotopic (exact) mass is 568 g/mol. The lowest BCUT2D eigenvalue weighted by atomic mass is 10.2. The Hall–Kier alpha value is -2.06. The van der Waals surface area contributed by atoms with Crippen LogP contribution in [0.25, 0.3) is 11.2 Å². The molecule has 1 saturated heterocycles. The average molecular weight is 568 g/mol. The third-order valence-corrected chi connectivity index (χ3v) is 7.27. The number of hydrogen-bond acceptors (Lipinski definition) is 7. The van der Waals surface area contributed by atoms with E-state index in [4.69, 9.17) is 14.5 Å². The van der Waals surface area contributed by atoms with Crippen molar-refractivity contribution in [1.82, 2.24) is 29.3 Å². The van der Waals surface area contributed by atoms with Gasteiger partial charge in [0.1, 0.15) is 5.82 Å². The topological polar surface area (TPSA) is 106 Å². The largest absolute Gasteiger partial charge is 0.340 e. The summed E-state index contributed by atoms with van der Waals surface area (Å²) in [7, 11) is 4.85. The second-order valence-electron chi connectivity index (χ2n) is 8.08. The van der Waals surface area contributed by atoms with Gasteiger partial charge in [-0.2, -0.15) is 0 Å². The minimum atomic E-state index is -1.05. The van der Waals surface area contributed by atoms with Crippen molar-refractivity contribution in [3.8, 4) is 0 Å². The predicted octanol–water partition coefficient (Wildman–Crippen LogP) is 0.861. The van der Waals surface area contributed by atoms with Gasteiger partial charge >= 0.3 is 5.69 Å². The van der Waals surface area contributed by atoms with E-state index >= 15 is 0 Å². The van der Waals surface area contributed by atoms with E-state index in [1.165, 1.54) is 4.57 Å². The van der Waals surface area contributed by atoms with Gasteiger partial charge in [0.2, 0.25) is 5.91 Å². The van der Waals surface area contributed by atoms with Crippen LogP contribution >= 0.6 is 22.6 Å². The first kappa shape index (κ1) is 24.1. The van der Waals surface area contributed by atoms with Gasteiger partial charge < -0.3 is 19.4 Å². The zero-order valence-electron chi connectivity index (χ0n) is 19.1. The molecular weight excluding hydrogens is 539 g/mol. The molecule has 2 N–H and O–H groups in total. The molecule has 0 bridgehead atoms. The molecule has 1 aliphatic heterocycles. The maximum absolute atomic E-state index is 12.9. The van der Waals surface area contributed by atoms with Crippen molar-refractivity contribution < 1.29 is 9.47 Å². The standard InChI is InChI=1S/C22H29IN6O4/c1-27-19-18(20(30)26-21(27)31)29(14-15-7-4-5-8-16(15)23)17(25-19)13-22(32-2,33-3)28-11-6-9-24-10-12-28/h4-5,7-8,24H,6,9-14H2,1-3H3,(H,26,30,31). The van der Waals surface area contributed by atoms with Gasteiger partial charge in [-0.3, -0.25) is 19.2 Å². The zero-order valence-corrected chi connectivity index (χ0v) is 21.2. The molecule has 0 unspecified atom stereocenters. The van der Waals surface area contributed by atoms with Crippen LogP contribution in [0.4, 0.5) is 0 Å². The zero-order chi connectivity index (χ0) is 23.6. The van der Waals surface area contributed by atoms with E-state index in [-0.39, 0.29) is 6.42 Å². The molecule has 0 aliphatic carbocycles. The van der Waals surface area contributed by atoms with Crippen LogP contribution in [0.2, 0.25) is 0 Å². The van der Waals surface area contributed by atoms with Crippen LogP contribution in [-0.4, -0.2) is 70.3 Å². The van der Waals surface area contributed by atoms with Crippen LogP contribution in [0.1, 0.15) is 17.8 Å². The predicted molar refractivity (Wildman–Crippen MR) is 133 cm³/mol. The van der Waals surface area contributed by atoms with Gasteiger partial charge in [0, 0.05) is 44.5 Å². The lowest BCUT2D eigenvalue weighted by Gasteiger charge is -2.40. The Kier molecular flexibility index (Phi) is 7.34. The fourth-order valence-corrected chi connectivity index (χ4v) is 4.92. The van der Waals surface area contributed by atoms with Crippen molar-refractivity contribution in [2.45, 2.75) is 25.3 Å². The summed E-state index contributed by atoms with van der Waals surface area (Å²) in [5.41, 5.74) is 0.776. The van der Waals surface area contributed by atoms with Crippen molar-refractivity contribution in [2.24, 2.45) is 7.05 Å². The van der Waals surface area contributed by atoms with Gasteiger partial charge in [0.05, 0.1) is 13.0 Å². The number of fused-ring (bicyclic) bond motifs is 1. The molecule has 2 aromatic heterocycles. The lowest BCUT2D eigenvalue weighted by molar-refractivity contribution is -0.294. The van der Waals surface area contributed by atoms with Crippen LogP contribution in [0.3, 0.4) is 0 Å². The van der Waals surface area contributed by atoms with E-state index in [2.05, 4.69) is 37.8 Å². The maximum atomic E-state index is 12.9. The van der Waals surface area contributed by atoms with E-state index in [1.54, 1.807) is 21.3 Å². The quantitative estimate of drug-likeness (QED) is 0.322. The molecule has 3 aromatic rings. The molecule has 3 heterocycles. The van der Waals surface area contributed by atoms with Gasteiger partial charge in [0.25, 0.3) is 5.56 Å². The molecule has 33 heavy (non-hydrogen) atoms. The SMILES string of the molecule is COC(Cc1nc2c(c(=O)[nH]c(=O)n2C)n1Cc1ccccc1I)(OC)N1CCCNCC1. The van der Waals surface area contributed by atoms with Crippen LogP contribution in [0.15, 0.2) is 33.9 Å². The molecule has 1 aromatic carbocycles. The second-order valence-corrected chi connectivity index (χ2v) is 9.25. The van der Waals surface area contributed by atoms with Gasteiger partial charge in [-0.1, -0.05) is 18.2 Å². The van der Waals surface area contributed by atoms with E-state index in [1.807, 2.05) is 28.8 Å². The highest BCUT2D eigenvalue weighted by atomic mass is 127. The summed E-state index contributed by atoms with van der Waals surface area (Å²) < 4.78 is 16.2. The molecule has 11 heteroatoms. The molecule has 0 radical (unpaired) electrons. The van der Waals surface area contributed by atoms with Crippen LogP contribution in [0, 0.1) is 3.57 Å². The van der Waals surface area contributed by atoms with Crippen molar-refractivity contribution in [1.29, 1.82) is 0 Å². The highest BCUT2D eigenvalue weighted by Gasteiger charge is 2.39. The van der Waals surface area contributed by atoms with E-state index in [0.717, 1.165) is 41.7 Å². The molecule has 178 valence electrons. The molecule has 1 aliphatic rings. The fraction of sp³-hybridized carbons (Fsp3) is 0.500. The van der Waals surface area contributed by atoms with Crippen LogP contribution in [0.5, 0.6) is 0 Å². The van der Waals surface area contributed by atoms with Gasteiger partial charge in [-0.25, -0.2) is 9.78 Å². The van der Waals surface area contributed by atoms with Gasteiger partial charge in [0.15, 0.2) is 11.2 Å². The molecule has 4 rings (SSSR count). The summed E-state index contributed by atoms with van der Waals surface area (Å²) in [6, 6.07) is 7.99. The summed E-state index contributed by atoms with van der Waals surface area (Å²) in [5.74, 6) is -0.446. The number of H-pyrrole nitrogens is 1. The second kappa shape index (κ2) is 10.1. The van der Waals surface area contributed by atoms with Crippen molar-refractivity contribution >= 4 is 33.8 Å². The molecule has 0 saturated carbocycles. The Bertz CT molecular complexity index is 1240. The van der Waals surface area contributed by atoms with E-state index in [0.29, 0.717) is 23.5 Å². The number of aromatic nitrogens is 4. The number of hydrogen-bond donors (Lipinski definition) is 2. The Balaban J connectivity index is 1.87. The third-order valence-electron chi connectivity index (χ3n) is 6.21. The smallest absolute Gasteiger partial charge is 0.329 e.